The fourth-order valence-corrected chi connectivity index (χ4v) is 4.91. The summed E-state index contributed by atoms with van der Waals surface area (Å²) in [5.74, 6) is 0.334. The highest BCUT2D eigenvalue weighted by molar-refractivity contribution is 5.77. The van der Waals surface area contributed by atoms with E-state index in [1.165, 1.54) is 10.1 Å². The minimum Gasteiger partial charge on any atom is -0.450 e. The molecule has 186 valence electrons. The van der Waals surface area contributed by atoms with Gasteiger partial charge in [0.25, 0.3) is 5.56 Å². The number of carbonyl (C=O) groups is 2. The first-order valence-corrected chi connectivity index (χ1v) is 12.4. The van der Waals surface area contributed by atoms with Gasteiger partial charge in [-0.05, 0) is 37.8 Å². The summed E-state index contributed by atoms with van der Waals surface area (Å²) in [5, 5.41) is 0. The van der Waals surface area contributed by atoms with Crippen molar-refractivity contribution in [3.05, 3.63) is 86.8 Å². The molecule has 3 aromatic rings. The molecule has 8 nitrogen and oxygen atoms in total. The van der Waals surface area contributed by atoms with Gasteiger partial charge in [0.1, 0.15) is 12.4 Å². The molecule has 0 radical (unpaired) electrons. The summed E-state index contributed by atoms with van der Waals surface area (Å²) in [6.45, 7) is 5.71. The Morgan fingerprint density at radius 3 is 2.42 bits per heavy atom. The van der Waals surface area contributed by atoms with Crippen LogP contribution in [0, 0.1) is 6.92 Å². The zero-order valence-electron chi connectivity index (χ0n) is 20.7. The second-order valence-corrected chi connectivity index (χ2v) is 9.32. The number of aryl methyl sites for hydroxylation is 1. The van der Waals surface area contributed by atoms with Crippen LogP contribution in [-0.4, -0.2) is 51.0 Å². The van der Waals surface area contributed by atoms with Crippen LogP contribution in [0.2, 0.25) is 0 Å². The van der Waals surface area contributed by atoms with Crippen LogP contribution in [0.1, 0.15) is 34.9 Å². The van der Waals surface area contributed by atoms with Crippen LogP contribution in [0.15, 0.2) is 53.3 Å². The molecule has 8 heteroatoms. The molecule has 0 saturated heterocycles. The SMILES string of the molecule is CCOC(=O)N1CCc2c(nc(-c3ccc(C)cc3)n(CC(=O)N3CCc4ccccc4C3)c2=O)C1. The van der Waals surface area contributed by atoms with Crippen molar-refractivity contribution in [3.63, 3.8) is 0 Å². The normalized spacial score (nSPS) is 14.7. The van der Waals surface area contributed by atoms with Crippen molar-refractivity contribution < 1.29 is 14.3 Å². The molecule has 2 aromatic carbocycles. The summed E-state index contributed by atoms with van der Waals surface area (Å²) < 4.78 is 6.66. The number of ether oxygens (including phenoxy) is 1. The Morgan fingerprint density at radius 1 is 0.944 bits per heavy atom. The molecule has 0 saturated carbocycles. The van der Waals surface area contributed by atoms with Gasteiger partial charge < -0.3 is 14.5 Å². The van der Waals surface area contributed by atoms with Gasteiger partial charge in [0.05, 0.1) is 18.8 Å². The molecule has 0 unspecified atom stereocenters. The Kier molecular flexibility index (Phi) is 6.59. The molecule has 2 aliphatic rings. The van der Waals surface area contributed by atoms with E-state index in [-0.39, 0.29) is 31.2 Å². The maximum Gasteiger partial charge on any atom is 0.410 e. The quantitative estimate of drug-likeness (QED) is 0.565. The Bertz CT molecular complexity index is 1360. The molecule has 0 bridgehead atoms. The van der Waals surface area contributed by atoms with Crippen molar-refractivity contribution in [2.24, 2.45) is 0 Å². The van der Waals surface area contributed by atoms with Crippen LogP contribution in [-0.2, 0) is 42.0 Å². The van der Waals surface area contributed by atoms with Gasteiger partial charge in [0.2, 0.25) is 5.91 Å². The van der Waals surface area contributed by atoms with Crippen LogP contribution < -0.4 is 5.56 Å². The standard InChI is InChI=1S/C28H30N4O4/c1-3-36-28(35)31-15-13-23-24(17-31)29-26(21-10-8-19(2)9-11-21)32(27(23)34)18-25(33)30-14-12-20-6-4-5-7-22(20)16-30/h4-11H,3,12-18H2,1-2H3. The number of benzene rings is 2. The highest BCUT2D eigenvalue weighted by atomic mass is 16.6. The molecule has 0 aliphatic carbocycles. The molecule has 36 heavy (non-hydrogen) atoms. The predicted molar refractivity (Wildman–Crippen MR) is 135 cm³/mol. The third-order valence-electron chi connectivity index (χ3n) is 6.93. The molecule has 2 aliphatic heterocycles. The monoisotopic (exact) mass is 486 g/mol. The first kappa shape index (κ1) is 23.8. The van der Waals surface area contributed by atoms with Crippen molar-refractivity contribution >= 4 is 12.0 Å². The number of amides is 2. The van der Waals surface area contributed by atoms with Gasteiger partial charge in [-0.25, -0.2) is 9.78 Å². The van der Waals surface area contributed by atoms with E-state index in [4.69, 9.17) is 9.72 Å². The summed E-state index contributed by atoms with van der Waals surface area (Å²) in [5.41, 5.74) is 5.15. The minimum absolute atomic E-state index is 0.0773. The molecular formula is C28H30N4O4. The van der Waals surface area contributed by atoms with Crippen LogP contribution in [0.4, 0.5) is 4.79 Å². The number of carbonyl (C=O) groups excluding carboxylic acids is 2. The lowest BCUT2D eigenvalue weighted by Gasteiger charge is -2.30. The van der Waals surface area contributed by atoms with Gasteiger partial charge in [-0.15, -0.1) is 0 Å². The molecule has 0 N–H and O–H groups in total. The fraction of sp³-hybridized carbons (Fsp3) is 0.357. The predicted octanol–water partition coefficient (Wildman–Crippen LogP) is 3.32. The number of fused-ring (bicyclic) bond motifs is 2. The van der Waals surface area contributed by atoms with Crippen molar-refractivity contribution in [1.82, 2.24) is 19.4 Å². The summed E-state index contributed by atoms with van der Waals surface area (Å²) >= 11 is 0. The van der Waals surface area contributed by atoms with Crippen molar-refractivity contribution in [2.75, 3.05) is 19.7 Å². The smallest absolute Gasteiger partial charge is 0.410 e. The molecule has 3 heterocycles. The summed E-state index contributed by atoms with van der Waals surface area (Å²) in [7, 11) is 0. The van der Waals surface area contributed by atoms with Gasteiger partial charge in [0, 0.05) is 30.8 Å². The lowest BCUT2D eigenvalue weighted by Crippen LogP contribution is -2.43. The van der Waals surface area contributed by atoms with Crippen molar-refractivity contribution in [3.8, 4) is 11.4 Å². The Hall–Kier alpha value is -3.94. The summed E-state index contributed by atoms with van der Waals surface area (Å²) in [4.78, 5) is 47.7. The van der Waals surface area contributed by atoms with E-state index in [1.807, 2.05) is 48.2 Å². The highest BCUT2D eigenvalue weighted by Gasteiger charge is 2.29. The Morgan fingerprint density at radius 2 is 1.67 bits per heavy atom. The van der Waals surface area contributed by atoms with Crippen LogP contribution >= 0.6 is 0 Å². The number of hydrogen-bond acceptors (Lipinski definition) is 5. The topological polar surface area (TPSA) is 84.7 Å². The molecular weight excluding hydrogens is 456 g/mol. The zero-order chi connectivity index (χ0) is 25.2. The third-order valence-corrected chi connectivity index (χ3v) is 6.93. The van der Waals surface area contributed by atoms with Crippen LogP contribution in [0.25, 0.3) is 11.4 Å². The Balaban J connectivity index is 1.49. The van der Waals surface area contributed by atoms with E-state index in [1.54, 1.807) is 11.8 Å². The lowest BCUT2D eigenvalue weighted by molar-refractivity contribution is -0.132. The van der Waals surface area contributed by atoms with Crippen LogP contribution in [0.5, 0.6) is 0 Å². The van der Waals surface area contributed by atoms with E-state index in [9.17, 15) is 14.4 Å². The fourth-order valence-electron chi connectivity index (χ4n) is 4.91. The van der Waals surface area contributed by atoms with E-state index in [0.29, 0.717) is 43.1 Å². The van der Waals surface area contributed by atoms with Gasteiger partial charge in [-0.1, -0.05) is 54.1 Å². The lowest BCUT2D eigenvalue weighted by atomic mass is 10.00. The molecule has 5 rings (SSSR count). The average Bonchev–Trinajstić information content (AvgIpc) is 2.90. The summed E-state index contributed by atoms with van der Waals surface area (Å²) in [6.07, 6.45) is 0.763. The highest BCUT2D eigenvalue weighted by Crippen LogP contribution is 2.23. The second-order valence-electron chi connectivity index (χ2n) is 9.32. The van der Waals surface area contributed by atoms with Gasteiger partial charge in [0.15, 0.2) is 0 Å². The molecule has 1 aromatic heterocycles. The summed E-state index contributed by atoms with van der Waals surface area (Å²) in [6, 6.07) is 15.9. The van der Waals surface area contributed by atoms with E-state index in [2.05, 4.69) is 12.1 Å². The van der Waals surface area contributed by atoms with E-state index in [0.717, 1.165) is 23.1 Å². The minimum atomic E-state index is -0.411. The van der Waals surface area contributed by atoms with Gasteiger partial charge in [-0.2, -0.15) is 0 Å². The third kappa shape index (κ3) is 4.63. The van der Waals surface area contributed by atoms with E-state index < -0.39 is 6.09 Å². The number of hydrogen-bond donors (Lipinski definition) is 0. The number of rotatable bonds is 4. The second kappa shape index (κ2) is 9.97. The molecule has 0 fully saturated rings. The van der Waals surface area contributed by atoms with Crippen molar-refractivity contribution in [2.45, 2.75) is 46.3 Å². The number of aromatic nitrogens is 2. The molecule has 2 amide bonds. The maximum atomic E-state index is 13.7. The van der Waals surface area contributed by atoms with Gasteiger partial charge >= 0.3 is 6.09 Å². The maximum absolute atomic E-state index is 13.7. The number of nitrogens with zero attached hydrogens (tertiary/aromatic N) is 4. The van der Waals surface area contributed by atoms with Crippen LogP contribution in [0.3, 0.4) is 0 Å². The van der Waals surface area contributed by atoms with E-state index >= 15 is 0 Å². The average molecular weight is 487 g/mol. The zero-order valence-corrected chi connectivity index (χ0v) is 20.7. The Labute approximate surface area is 210 Å². The largest absolute Gasteiger partial charge is 0.450 e. The van der Waals surface area contributed by atoms with Crippen molar-refractivity contribution in [1.29, 1.82) is 0 Å². The first-order chi connectivity index (χ1) is 17.4. The molecule has 0 atom stereocenters. The van der Waals surface area contributed by atoms with Gasteiger partial charge in [-0.3, -0.25) is 14.2 Å². The first-order valence-electron chi connectivity index (χ1n) is 12.4. The molecule has 0 spiro atoms.